The highest BCUT2D eigenvalue weighted by Crippen LogP contribution is 2.18. The van der Waals surface area contributed by atoms with Crippen LogP contribution in [0.1, 0.15) is 5.56 Å². The van der Waals surface area contributed by atoms with Crippen LogP contribution in [-0.4, -0.2) is 28.4 Å². The fourth-order valence-electron chi connectivity index (χ4n) is 2.00. The second-order valence-electron chi connectivity index (χ2n) is 4.73. The average Bonchev–Trinajstić information content (AvgIpc) is 2.96. The number of pyridine rings is 1. The summed E-state index contributed by atoms with van der Waals surface area (Å²) in [5, 5.41) is 13.2. The van der Waals surface area contributed by atoms with Crippen molar-refractivity contribution in [3.8, 4) is 11.3 Å². The molecule has 0 unspecified atom stereocenters. The molecule has 0 aliphatic heterocycles. The van der Waals surface area contributed by atoms with Crippen LogP contribution in [0, 0.1) is 0 Å². The highest BCUT2D eigenvalue weighted by atomic mass is 32.2. The van der Waals surface area contributed by atoms with Crippen LogP contribution in [0.2, 0.25) is 0 Å². The van der Waals surface area contributed by atoms with Crippen molar-refractivity contribution >= 4 is 10.0 Å². The van der Waals surface area contributed by atoms with Crippen LogP contribution in [0.3, 0.4) is 0 Å². The third-order valence-electron chi connectivity index (χ3n) is 3.11. The van der Waals surface area contributed by atoms with E-state index in [1.165, 1.54) is 12.1 Å². The molecule has 0 aliphatic rings. The maximum Gasteiger partial charge on any atom is 0.238 e. The average molecular weight is 315 g/mol. The van der Waals surface area contributed by atoms with E-state index < -0.39 is 10.0 Å². The fourth-order valence-corrected chi connectivity index (χ4v) is 2.51. The highest BCUT2D eigenvalue weighted by molar-refractivity contribution is 7.89. The van der Waals surface area contributed by atoms with E-state index in [1.54, 1.807) is 35.4 Å². The normalized spacial score (nSPS) is 11.5. The molecule has 2 N–H and O–H groups in total. The minimum atomic E-state index is -3.68. The second kappa shape index (κ2) is 5.66. The van der Waals surface area contributed by atoms with Crippen LogP contribution in [0.25, 0.3) is 11.3 Å². The number of benzene rings is 1. The molecule has 0 atom stereocenters. The van der Waals surface area contributed by atoms with E-state index in [-0.39, 0.29) is 4.90 Å². The summed E-state index contributed by atoms with van der Waals surface area (Å²) >= 11 is 0. The molecular formula is C14H13N5O2S. The van der Waals surface area contributed by atoms with Crippen LogP contribution in [-0.2, 0) is 16.6 Å². The zero-order valence-corrected chi connectivity index (χ0v) is 12.3. The van der Waals surface area contributed by atoms with Crippen LogP contribution in [0.4, 0.5) is 0 Å². The first kappa shape index (κ1) is 14.4. The first-order valence-corrected chi connectivity index (χ1v) is 7.99. The Labute approximate surface area is 127 Å². The molecule has 22 heavy (non-hydrogen) atoms. The molecule has 112 valence electrons. The van der Waals surface area contributed by atoms with Crippen molar-refractivity contribution in [3.05, 3.63) is 60.6 Å². The molecule has 0 spiro atoms. The summed E-state index contributed by atoms with van der Waals surface area (Å²) in [7, 11) is -3.68. The van der Waals surface area contributed by atoms with Crippen molar-refractivity contribution in [2.75, 3.05) is 0 Å². The lowest BCUT2D eigenvalue weighted by Gasteiger charge is -2.00. The van der Waals surface area contributed by atoms with Crippen LogP contribution >= 0.6 is 0 Å². The van der Waals surface area contributed by atoms with Gasteiger partial charge in [0.25, 0.3) is 0 Å². The summed E-state index contributed by atoms with van der Waals surface area (Å²) in [6.07, 6.45) is 5.24. The Morgan fingerprint density at radius 2 is 1.73 bits per heavy atom. The molecule has 0 amide bonds. The highest BCUT2D eigenvalue weighted by Gasteiger charge is 2.09. The standard InChI is InChI=1S/C14H13N5O2S/c15-22(20,21)13-3-1-12(2-4-13)14-10-19(18-17-14)9-11-5-7-16-8-6-11/h1-8,10H,9H2,(H2,15,20,21). The Morgan fingerprint density at radius 1 is 1.05 bits per heavy atom. The topological polar surface area (TPSA) is 104 Å². The Kier molecular flexibility index (Phi) is 3.70. The van der Waals surface area contributed by atoms with Gasteiger partial charge in [-0.1, -0.05) is 17.3 Å². The second-order valence-corrected chi connectivity index (χ2v) is 6.29. The van der Waals surface area contributed by atoms with Gasteiger partial charge in [-0.15, -0.1) is 5.10 Å². The van der Waals surface area contributed by atoms with Gasteiger partial charge in [-0.25, -0.2) is 18.2 Å². The van der Waals surface area contributed by atoms with Gasteiger partial charge >= 0.3 is 0 Å². The van der Waals surface area contributed by atoms with Gasteiger partial charge < -0.3 is 0 Å². The third kappa shape index (κ3) is 3.18. The minimum Gasteiger partial charge on any atom is -0.265 e. The maximum atomic E-state index is 11.2. The van der Waals surface area contributed by atoms with E-state index >= 15 is 0 Å². The van der Waals surface area contributed by atoms with Crippen molar-refractivity contribution < 1.29 is 8.42 Å². The minimum absolute atomic E-state index is 0.0698. The molecule has 3 aromatic rings. The zero-order chi connectivity index (χ0) is 15.6. The van der Waals surface area contributed by atoms with Gasteiger partial charge in [-0.05, 0) is 29.8 Å². The number of hydrogen-bond donors (Lipinski definition) is 1. The first-order valence-electron chi connectivity index (χ1n) is 6.45. The summed E-state index contributed by atoms with van der Waals surface area (Å²) < 4.78 is 24.2. The number of aromatic nitrogens is 4. The van der Waals surface area contributed by atoms with Crippen molar-refractivity contribution in [2.45, 2.75) is 11.4 Å². The predicted octanol–water partition coefficient (Wildman–Crippen LogP) is 1.04. The van der Waals surface area contributed by atoms with E-state index in [0.717, 1.165) is 11.1 Å². The smallest absolute Gasteiger partial charge is 0.238 e. The first-order chi connectivity index (χ1) is 10.5. The van der Waals surface area contributed by atoms with Crippen LogP contribution in [0.5, 0.6) is 0 Å². The van der Waals surface area contributed by atoms with Crippen LogP contribution in [0.15, 0.2) is 59.9 Å². The molecule has 7 nitrogen and oxygen atoms in total. The third-order valence-corrected chi connectivity index (χ3v) is 4.04. The molecule has 8 heteroatoms. The molecule has 0 saturated heterocycles. The summed E-state index contributed by atoms with van der Waals surface area (Å²) in [5.74, 6) is 0. The lowest BCUT2D eigenvalue weighted by Crippen LogP contribution is -2.11. The summed E-state index contributed by atoms with van der Waals surface area (Å²) in [5.41, 5.74) is 2.50. The van der Waals surface area contributed by atoms with Gasteiger partial charge in [-0.2, -0.15) is 0 Å². The fraction of sp³-hybridized carbons (Fsp3) is 0.0714. The predicted molar refractivity (Wildman–Crippen MR) is 80.2 cm³/mol. The largest absolute Gasteiger partial charge is 0.265 e. The Morgan fingerprint density at radius 3 is 2.36 bits per heavy atom. The zero-order valence-electron chi connectivity index (χ0n) is 11.5. The van der Waals surface area contributed by atoms with Crippen molar-refractivity contribution in [2.24, 2.45) is 5.14 Å². The molecule has 2 aromatic heterocycles. The molecule has 2 heterocycles. The number of nitrogens with zero attached hydrogens (tertiary/aromatic N) is 4. The number of hydrogen-bond acceptors (Lipinski definition) is 5. The van der Waals surface area contributed by atoms with Gasteiger partial charge in [0, 0.05) is 18.0 Å². The van der Waals surface area contributed by atoms with E-state index in [2.05, 4.69) is 15.3 Å². The van der Waals surface area contributed by atoms with Gasteiger partial charge in [0.15, 0.2) is 0 Å². The molecule has 0 fully saturated rings. The summed E-state index contributed by atoms with van der Waals surface area (Å²) in [6, 6.07) is 10.0. The van der Waals surface area contributed by atoms with E-state index in [0.29, 0.717) is 12.2 Å². The lowest BCUT2D eigenvalue weighted by atomic mass is 10.2. The molecular weight excluding hydrogens is 302 g/mol. The van der Waals surface area contributed by atoms with Crippen molar-refractivity contribution in [1.82, 2.24) is 20.0 Å². The molecule has 0 saturated carbocycles. The van der Waals surface area contributed by atoms with E-state index in [1.807, 2.05) is 12.1 Å². The van der Waals surface area contributed by atoms with E-state index in [4.69, 9.17) is 5.14 Å². The molecule has 0 radical (unpaired) electrons. The quantitative estimate of drug-likeness (QED) is 0.774. The molecule has 0 aliphatic carbocycles. The van der Waals surface area contributed by atoms with Gasteiger partial charge in [0.1, 0.15) is 5.69 Å². The number of rotatable bonds is 4. The molecule has 1 aromatic carbocycles. The Hall–Kier alpha value is -2.58. The molecule has 3 rings (SSSR count). The van der Waals surface area contributed by atoms with Crippen molar-refractivity contribution in [3.63, 3.8) is 0 Å². The summed E-state index contributed by atoms with van der Waals surface area (Å²) in [4.78, 5) is 4.03. The number of nitrogens with two attached hydrogens (primary N) is 1. The van der Waals surface area contributed by atoms with Gasteiger partial charge in [0.2, 0.25) is 10.0 Å². The monoisotopic (exact) mass is 315 g/mol. The Balaban J connectivity index is 1.82. The lowest BCUT2D eigenvalue weighted by molar-refractivity contribution is 0.598. The van der Waals surface area contributed by atoms with Crippen molar-refractivity contribution in [1.29, 1.82) is 0 Å². The number of primary sulfonamides is 1. The number of sulfonamides is 1. The Bertz CT molecular complexity index is 873. The maximum absolute atomic E-state index is 11.2. The summed E-state index contributed by atoms with van der Waals surface area (Å²) in [6.45, 7) is 0.588. The van der Waals surface area contributed by atoms with Crippen LogP contribution < -0.4 is 5.14 Å². The van der Waals surface area contributed by atoms with E-state index in [9.17, 15) is 8.42 Å². The van der Waals surface area contributed by atoms with Gasteiger partial charge in [-0.3, -0.25) is 4.98 Å². The van der Waals surface area contributed by atoms with Gasteiger partial charge in [0.05, 0.1) is 17.6 Å². The molecule has 0 bridgehead atoms. The SMILES string of the molecule is NS(=O)(=O)c1ccc(-c2cn(Cc3ccncc3)nn2)cc1.